The third-order valence-corrected chi connectivity index (χ3v) is 8.23. The highest BCUT2D eigenvalue weighted by atomic mass is 32.2. The van der Waals surface area contributed by atoms with Crippen LogP contribution < -0.4 is 4.74 Å². The minimum absolute atomic E-state index is 0.209. The van der Waals surface area contributed by atoms with Gasteiger partial charge in [-0.25, -0.2) is 13.2 Å². The zero-order valence-electron chi connectivity index (χ0n) is 20.4. The number of likely N-dealkylation sites (tertiary alicyclic amines) is 1. The van der Waals surface area contributed by atoms with E-state index in [1.807, 2.05) is 18.3 Å². The highest BCUT2D eigenvalue weighted by molar-refractivity contribution is 7.89. The van der Waals surface area contributed by atoms with Crippen molar-refractivity contribution in [1.82, 2.24) is 14.2 Å². The third-order valence-electron chi connectivity index (χ3n) is 6.35. The predicted molar refractivity (Wildman–Crippen MR) is 127 cm³/mol. The first-order chi connectivity index (χ1) is 17.5. The summed E-state index contributed by atoms with van der Waals surface area (Å²) >= 11 is 0. The molecule has 1 aromatic carbocycles. The second-order valence-electron chi connectivity index (χ2n) is 9.01. The van der Waals surface area contributed by atoms with Crippen LogP contribution in [-0.4, -0.2) is 86.4 Å². The van der Waals surface area contributed by atoms with Crippen molar-refractivity contribution in [1.29, 1.82) is 0 Å². The number of rotatable bonds is 5. The Kier molecular flexibility index (Phi) is 9.51. The fourth-order valence-corrected chi connectivity index (χ4v) is 5.96. The summed E-state index contributed by atoms with van der Waals surface area (Å²) in [5, 5.41) is 7.12. The van der Waals surface area contributed by atoms with Crippen LogP contribution in [0.2, 0.25) is 0 Å². The Bertz CT molecular complexity index is 1140. The Morgan fingerprint density at radius 1 is 1.19 bits per heavy atom. The van der Waals surface area contributed by atoms with Gasteiger partial charge in [0.15, 0.2) is 0 Å². The average Bonchev–Trinajstić information content (AvgIpc) is 2.86. The zero-order chi connectivity index (χ0) is 27.1. The smallest absolute Gasteiger partial charge is 0.490 e. The van der Waals surface area contributed by atoms with Gasteiger partial charge in [0, 0.05) is 44.6 Å². The van der Waals surface area contributed by atoms with Crippen LogP contribution >= 0.6 is 0 Å². The summed E-state index contributed by atoms with van der Waals surface area (Å²) in [5.41, 5.74) is 0.986. The van der Waals surface area contributed by atoms with Gasteiger partial charge in [-0.1, -0.05) is 18.2 Å². The third kappa shape index (κ3) is 7.63. The minimum Gasteiger partial charge on any atom is -0.492 e. The molecule has 1 saturated heterocycles. The predicted octanol–water partition coefficient (Wildman–Crippen LogP) is 3.03. The summed E-state index contributed by atoms with van der Waals surface area (Å²) in [6.07, 6.45) is 0.371. The van der Waals surface area contributed by atoms with Crippen LogP contribution in [0, 0.1) is 5.41 Å². The van der Waals surface area contributed by atoms with E-state index in [1.54, 1.807) is 35.8 Å². The van der Waals surface area contributed by atoms with E-state index in [9.17, 15) is 21.6 Å². The maximum atomic E-state index is 13.4. The van der Waals surface area contributed by atoms with E-state index in [0.29, 0.717) is 32.1 Å². The Morgan fingerprint density at radius 3 is 2.46 bits per heavy atom. The van der Waals surface area contributed by atoms with Crippen LogP contribution in [0.3, 0.4) is 0 Å². The molecule has 0 aliphatic carbocycles. The number of alkyl halides is 3. The van der Waals surface area contributed by atoms with E-state index >= 15 is 0 Å². The fourth-order valence-electron chi connectivity index (χ4n) is 4.29. The van der Waals surface area contributed by atoms with E-state index < -0.39 is 22.2 Å². The van der Waals surface area contributed by atoms with Crippen LogP contribution in [-0.2, 0) is 26.1 Å². The molecule has 0 amide bonds. The molecule has 37 heavy (non-hydrogen) atoms. The normalized spacial score (nSPS) is 19.5. The van der Waals surface area contributed by atoms with Gasteiger partial charge in [-0.15, -0.1) is 0 Å². The molecule has 0 unspecified atom stereocenters. The first kappa shape index (κ1) is 28.8. The summed E-state index contributed by atoms with van der Waals surface area (Å²) < 4.78 is 71.4. The number of hydrogen-bond acceptors (Lipinski definition) is 7. The van der Waals surface area contributed by atoms with E-state index in [2.05, 4.69) is 16.0 Å². The summed E-state index contributed by atoms with van der Waals surface area (Å²) in [6, 6.07) is 11.0. The van der Waals surface area contributed by atoms with Crippen LogP contribution in [0.5, 0.6) is 5.75 Å². The number of aliphatic carboxylic acids is 1. The standard InChI is InChI=1S/C22H29N3O4S.C2HF3O2/c1-28-14-13-25-17-22(18-29-20-6-2-3-7-21(20)30(25,26)27)8-11-24(12-9-22)16-19-5-4-10-23-15-19;3-2(4,5)1(6)7/h2-7,10,15H,8-9,11-14,16-18H2,1H3;(H,6,7). The number of halogens is 3. The summed E-state index contributed by atoms with van der Waals surface area (Å²) in [7, 11) is -2.05. The number of ether oxygens (including phenoxy) is 2. The second-order valence-corrected chi connectivity index (χ2v) is 10.9. The van der Waals surface area contributed by atoms with Crippen molar-refractivity contribution >= 4 is 16.0 Å². The van der Waals surface area contributed by atoms with E-state index in [1.165, 1.54) is 5.56 Å². The van der Waals surface area contributed by atoms with Crippen molar-refractivity contribution in [3.63, 3.8) is 0 Å². The molecular formula is C24H30F3N3O6S. The number of sulfonamides is 1. The molecule has 2 aliphatic heterocycles. The number of pyridine rings is 1. The van der Waals surface area contributed by atoms with Crippen molar-refractivity contribution in [3.05, 3.63) is 54.4 Å². The SMILES string of the molecule is COCCN1CC2(CCN(Cc3cccnc3)CC2)COc2ccccc2S1(=O)=O.O=C(O)C(F)(F)F. The van der Waals surface area contributed by atoms with Crippen LogP contribution in [0.4, 0.5) is 13.2 Å². The lowest BCUT2D eigenvalue weighted by Crippen LogP contribution is -2.51. The second kappa shape index (κ2) is 12.2. The van der Waals surface area contributed by atoms with Crippen LogP contribution in [0.15, 0.2) is 53.7 Å². The topological polar surface area (TPSA) is 109 Å². The van der Waals surface area contributed by atoms with Gasteiger partial charge >= 0.3 is 12.1 Å². The molecule has 0 bridgehead atoms. The number of carbonyl (C=O) groups is 1. The summed E-state index contributed by atoms with van der Waals surface area (Å²) in [6.45, 7) is 4.34. The lowest BCUT2D eigenvalue weighted by Gasteiger charge is -2.45. The van der Waals surface area contributed by atoms with Crippen LogP contribution in [0.1, 0.15) is 18.4 Å². The first-order valence-corrected chi connectivity index (χ1v) is 13.0. The number of piperidine rings is 1. The summed E-state index contributed by atoms with van der Waals surface area (Å²) in [4.78, 5) is 15.7. The highest BCUT2D eigenvalue weighted by Gasteiger charge is 2.42. The average molecular weight is 546 g/mol. The quantitative estimate of drug-likeness (QED) is 0.611. The zero-order valence-corrected chi connectivity index (χ0v) is 21.2. The Morgan fingerprint density at radius 2 is 1.86 bits per heavy atom. The van der Waals surface area contributed by atoms with Gasteiger partial charge in [0.1, 0.15) is 10.6 Å². The van der Waals surface area contributed by atoms with Gasteiger partial charge in [-0.2, -0.15) is 17.5 Å². The number of fused-ring (bicyclic) bond motifs is 1. The lowest BCUT2D eigenvalue weighted by atomic mass is 9.78. The maximum Gasteiger partial charge on any atom is 0.490 e. The number of carboxylic acids is 1. The summed E-state index contributed by atoms with van der Waals surface area (Å²) in [5.74, 6) is -2.32. The van der Waals surface area contributed by atoms with E-state index in [4.69, 9.17) is 19.4 Å². The van der Waals surface area contributed by atoms with Crippen LogP contribution in [0.25, 0.3) is 0 Å². The molecule has 204 valence electrons. The molecule has 1 fully saturated rings. The van der Waals surface area contributed by atoms with E-state index in [-0.39, 0.29) is 10.3 Å². The van der Waals surface area contributed by atoms with Gasteiger partial charge in [-0.05, 0) is 49.7 Å². The van der Waals surface area contributed by atoms with Crippen molar-refractivity contribution in [2.45, 2.75) is 30.5 Å². The van der Waals surface area contributed by atoms with Gasteiger partial charge < -0.3 is 14.6 Å². The van der Waals surface area contributed by atoms with Crippen molar-refractivity contribution in [2.24, 2.45) is 5.41 Å². The Balaban J connectivity index is 0.000000479. The minimum atomic E-state index is -5.08. The molecule has 9 nitrogen and oxygen atoms in total. The molecule has 13 heteroatoms. The Hall–Kier alpha value is -2.74. The molecule has 2 aliphatic rings. The Labute approximate surface area is 213 Å². The number of para-hydroxylation sites is 1. The molecule has 1 spiro atoms. The maximum absolute atomic E-state index is 13.4. The largest absolute Gasteiger partial charge is 0.492 e. The molecular weight excluding hydrogens is 515 g/mol. The van der Waals surface area contributed by atoms with E-state index in [0.717, 1.165) is 32.5 Å². The fraction of sp³-hybridized carbons (Fsp3) is 0.500. The molecule has 0 saturated carbocycles. The molecule has 1 aromatic heterocycles. The molecule has 2 aromatic rings. The number of hydrogen-bond donors (Lipinski definition) is 1. The van der Waals surface area contributed by atoms with Gasteiger partial charge in [0.05, 0.1) is 13.2 Å². The van der Waals surface area contributed by atoms with Gasteiger partial charge in [0.2, 0.25) is 10.0 Å². The molecule has 4 rings (SSSR count). The number of aromatic nitrogens is 1. The van der Waals surface area contributed by atoms with Crippen molar-refractivity contribution in [2.75, 3.05) is 46.5 Å². The number of carboxylic acid groups (broad SMARTS) is 1. The van der Waals surface area contributed by atoms with Crippen molar-refractivity contribution < 1.29 is 41.0 Å². The molecule has 0 radical (unpaired) electrons. The molecule has 1 N–H and O–H groups in total. The lowest BCUT2D eigenvalue weighted by molar-refractivity contribution is -0.192. The number of nitrogens with zero attached hydrogens (tertiary/aromatic N) is 3. The monoisotopic (exact) mass is 545 g/mol. The van der Waals surface area contributed by atoms with Gasteiger partial charge in [0.25, 0.3) is 0 Å². The first-order valence-electron chi connectivity index (χ1n) is 11.6. The highest BCUT2D eigenvalue weighted by Crippen LogP contribution is 2.39. The van der Waals surface area contributed by atoms with Gasteiger partial charge in [-0.3, -0.25) is 9.88 Å². The van der Waals surface area contributed by atoms with Crippen molar-refractivity contribution in [3.8, 4) is 5.75 Å². The number of benzene rings is 1. The molecule has 3 heterocycles. The molecule has 0 atom stereocenters. The number of methoxy groups -OCH3 is 1.